The maximum atomic E-state index is 12.5. The van der Waals surface area contributed by atoms with E-state index in [9.17, 15) is 14.7 Å². The van der Waals surface area contributed by atoms with E-state index in [-0.39, 0.29) is 12.3 Å². The van der Waals surface area contributed by atoms with Crippen molar-refractivity contribution >= 4 is 24.5 Å². The van der Waals surface area contributed by atoms with Crippen molar-refractivity contribution in [2.75, 3.05) is 0 Å². The van der Waals surface area contributed by atoms with Gasteiger partial charge in [-0.2, -0.15) is 12.6 Å². The van der Waals surface area contributed by atoms with E-state index >= 15 is 0 Å². The molecule has 0 radical (unpaired) electrons. The predicted octanol–water partition coefficient (Wildman–Crippen LogP) is 4.40. The van der Waals surface area contributed by atoms with Crippen LogP contribution < -0.4 is 5.32 Å². The minimum absolute atomic E-state index is 0.218. The summed E-state index contributed by atoms with van der Waals surface area (Å²) in [5, 5.41) is 11.6. The minimum atomic E-state index is -1.06. The fourth-order valence-electron chi connectivity index (χ4n) is 3.25. The van der Waals surface area contributed by atoms with Crippen molar-refractivity contribution in [3.8, 4) is 11.1 Å². The first-order valence-corrected chi connectivity index (χ1v) is 10.4. The minimum Gasteiger partial charge on any atom is -0.480 e. The van der Waals surface area contributed by atoms with Gasteiger partial charge in [-0.25, -0.2) is 4.79 Å². The van der Waals surface area contributed by atoms with Crippen LogP contribution >= 0.6 is 12.6 Å². The molecule has 3 rings (SSSR count). The molecular formula is C25H25NO3S. The van der Waals surface area contributed by atoms with Crippen LogP contribution in [0.2, 0.25) is 0 Å². The Labute approximate surface area is 182 Å². The van der Waals surface area contributed by atoms with E-state index in [1.54, 1.807) is 0 Å². The fourth-order valence-corrected chi connectivity index (χ4v) is 3.45. The summed E-state index contributed by atoms with van der Waals surface area (Å²) in [5.41, 5.74) is 4.13. The Morgan fingerprint density at radius 1 is 0.800 bits per heavy atom. The lowest BCUT2D eigenvalue weighted by atomic mass is 10.0. The van der Waals surface area contributed by atoms with E-state index in [2.05, 4.69) is 17.9 Å². The third kappa shape index (κ3) is 6.22. The van der Waals surface area contributed by atoms with Gasteiger partial charge in [0.25, 0.3) is 0 Å². The Balaban J connectivity index is 1.57. The van der Waals surface area contributed by atoms with Crippen molar-refractivity contribution in [3.63, 3.8) is 0 Å². The molecule has 0 heterocycles. The van der Waals surface area contributed by atoms with Crippen molar-refractivity contribution in [1.82, 2.24) is 5.32 Å². The molecule has 4 nitrogen and oxygen atoms in total. The molecule has 3 aromatic rings. The molecule has 0 aliphatic heterocycles. The number of aryl methyl sites for hydroxylation is 1. The number of rotatable bonds is 9. The first kappa shape index (κ1) is 21.7. The standard InChI is InChI=1S/C25H25NO3S/c27-24(23(30)16-13-18-7-3-1-4-8-18)26-22(25(28)29)17-19-11-14-21(15-12-19)20-9-5-2-6-10-20/h1-12,14-15,22-23,30H,13,16-17H2,(H,26,27)(H,28,29)/t22-,23+/m0/s1. The van der Waals surface area contributed by atoms with Gasteiger partial charge < -0.3 is 10.4 Å². The average Bonchev–Trinajstić information content (AvgIpc) is 2.78. The first-order valence-electron chi connectivity index (χ1n) is 9.92. The van der Waals surface area contributed by atoms with Crippen LogP contribution in [0.5, 0.6) is 0 Å². The molecule has 3 aromatic carbocycles. The third-order valence-electron chi connectivity index (χ3n) is 4.97. The summed E-state index contributed by atoms with van der Waals surface area (Å²) in [6, 6.07) is 26.5. The second-order valence-corrected chi connectivity index (χ2v) is 7.83. The lowest BCUT2D eigenvalue weighted by Crippen LogP contribution is -2.45. The monoisotopic (exact) mass is 419 g/mol. The number of amides is 1. The summed E-state index contributed by atoms with van der Waals surface area (Å²) in [6.45, 7) is 0. The predicted molar refractivity (Wildman–Crippen MR) is 123 cm³/mol. The number of benzene rings is 3. The van der Waals surface area contributed by atoms with Crippen LogP contribution in [0, 0.1) is 0 Å². The number of aliphatic carboxylic acids is 1. The lowest BCUT2D eigenvalue weighted by Gasteiger charge is -2.18. The quantitative estimate of drug-likeness (QED) is 0.451. The fraction of sp³-hybridized carbons (Fsp3) is 0.200. The van der Waals surface area contributed by atoms with Gasteiger partial charge in [0.15, 0.2) is 0 Å². The van der Waals surface area contributed by atoms with Gasteiger partial charge in [-0.05, 0) is 35.1 Å². The van der Waals surface area contributed by atoms with Crippen molar-refractivity contribution in [2.45, 2.75) is 30.6 Å². The molecule has 0 fully saturated rings. The summed E-state index contributed by atoms with van der Waals surface area (Å²) in [7, 11) is 0. The van der Waals surface area contributed by atoms with Crippen LogP contribution in [0.4, 0.5) is 0 Å². The number of nitrogens with one attached hydrogen (secondary N) is 1. The molecule has 2 N–H and O–H groups in total. The molecular weight excluding hydrogens is 394 g/mol. The van der Waals surface area contributed by atoms with Crippen LogP contribution in [0.3, 0.4) is 0 Å². The highest BCUT2D eigenvalue weighted by Gasteiger charge is 2.23. The zero-order valence-corrected chi connectivity index (χ0v) is 17.5. The molecule has 1 amide bonds. The zero-order valence-electron chi connectivity index (χ0n) is 16.6. The van der Waals surface area contributed by atoms with Gasteiger partial charge in [-0.3, -0.25) is 4.79 Å². The number of thiol groups is 1. The number of hydrogen-bond donors (Lipinski definition) is 3. The first-order chi connectivity index (χ1) is 14.5. The summed E-state index contributed by atoms with van der Waals surface area (Å²) >= 11 is 4.37. The second kappa shape index (κ2) is 10.6. The van der Waals surface area contributed by atoms with E-state index in [1.807, 2.05) is 84.9 Å². The molecule has 0 aliphatic rings. The maximum Gasteiger partial charge on any atom is 0.326 e. The van der Waals surface area contributed by atoms with E-state index in [0.29, 0.717) is 12.8 Å². The van der Waals surface area contributed by atoms with Crippen molar-refractivity contribution in [2.24, 2.45) is 0 Å². The Morgan fingerprint density at radius 2 is 1.37 bits per heavy atom. The Bertz CT molecular complexity index is 959. The van der Waals surface area contributed by atoms with Crippen molar-refractivity contribution < 1.29 is 14.7 Å². The molecule has 0 bridgehead atoms. The smallest absolute Gasteiger partial charge is 0.326 e. The Hall–Kier alpha value is -3.05. The summed E-state index contributed by atoms with van der Waals surface area (Å²) in [5.74, 6) is -1.42. The van der Waals surface area contributed by atoms with Crippen molar-refractivity contribution in [1.29, 1.82) is 0 Å². The summed E-state index contributed by atoms with van der Waals surface area (Å²) in [6.07, 6.45) is 1.47. The highest BCUT2D eigenvalue weighted by atomic mass is 32.1. The van der Waals surface area contributed by atoms with E-state index in [1.165, 1.54) is 0 Å². The highest BCUT2D eigenvalue weighted by molar-refractivity contribution is 7.81. The highest BCUT2D eigenvalue weighted by Crippen LogP contribution is 2.20. The van der Waals surface area contributed by atoms with Crippen LogP contribution in [-0.2, 0) is 22.4 Å². The van der Waals surface area contributed by atoms with Gasteiger partial charge >= 0.3 is 5.97 Å². The molecule has 0 unspecified atom stereocenters. The van der Waals surface area contributed by atoms with Crippen LogP contribution in [0.25, 0.3) is 11.1 Å². The van der Waals surface area contributed by atoms with Crippen LogP contribution in [0.15, 0.2) is 84.9 Å². The molecule has 0 saturated heterocycles. The van der Waals surface area contributed by atoms with Crippen molar-refractivity contribution in [3.05, 3.63) is 96.1 Å². The number of carboxylic acids is 1. The zero-order chi connectivity index (χ0) is 21.3. The molecule has 0 saturated carbocycles. The maximum absolute atomic E-state index is 12.5. The molecule has 0 aromatic heterocycles. The van der Waals surface area contributed by atoms with E-state index < -0.39 is 17.3 Å². The second-order valence-electron chi connectivity index (χ2n) is 7.21. The van der Waals surface area contributed by atoms with Crippen LogP contribution in [-0.4, -0.2) is 28.3 Å². The lowest BCUT2D eigenvalue weighted by molar-refractivity contribution is -0.141. The number of carboxylic acid groups (broad SMARTS) is 1. The van der Waals surface area contributed by atoms with Gasteiger partial charge in [0.05, 0.1) is 5.25 Å². The van der Waals surface area contributed by atoms with Gasteiger partial charge in [0, 0.05) is 6.42 Å². The number of carbonyl (C=O) groups is 2. The summed E-state index contributed by atoms with van der Waals surface area (Å²) in [4.78, 5) is 24.1. The van der Waals surface area contributed by atoms with E-state index in [0.717, 1.165) is 22.3 Å². The molecule has 30 heavy (non-hydrogen) atoms. The Morgan fingerprint density at radius 3 is 1.97 bits per heavy atom. The number of carbonyl (C=O) groups excluding carboxylic acids is 1. The Kier molecular flexibility index (Phi) is 7.69. The third-order valence-corrected chi connectivity index (χ3v) is 5.46. The van der Waals surface area contributed by atoms with Gasteiger partial charge in [0.2, 0.25) is 5.91 Å². The van der Waals surface area contributed by atoms with Crippen LogP contribution in [0.1, 0.15) is 17.5 Å². The molecule has 154 valence electrons. The average molecular weight is 420 g/mol. The molecule has 0 spiro atoms. The van der Waals surface area contributed by atoms with Gasteiger partial charge in [0.1, 0.15) is 6.04 Å². The van der Waals surface area contributed by atoms with Gasteiger partial charge in [-0.15, -0.1) is 0 Å². The molecule has 0 aliphatic carbocycles. The van der Waals surface area contributed by atoms with Gasteiger partial charge in [-0.1, -0.05) is 84.9 Å². The SMILES string of the molecule is O=C(N[C@@H](Cc1ccc(-c2ccccc2)cc1)C(=O)O)[C@H](S)CCc1ccccc1. The molecule has 2 atom stereocenters. The normalized spacial score (nSPS) is 12.7. The molecule has 5 heteroatoms. The topological polar surface area (TPSA) is 66.4 Å². The summed E-state index contributed by atoms with van der Waals surface area (Å²) < 4.78 is 0. The van der Waals surface area contributed by atoms with E-state index in [4.69, 9.17) is 0 Å². The largest absolute Gasteiger partial charge is 0.480 e. The number of hydrogen-bond acceptors (Lipinski definition) is 3.